The minimum absolute atomic E-state index is 0.253. The smallest absolute Gasteiger partial charge is 0.268 e. The van der Waals surface area contributed by atoms with Crippen molar-refractivity contribution in [3.05, 3.63) is 77.0 Å². The number of carbonyl (C=O) groups excluding carboxylic acids is 2. The summed E-state index contributed by atoms with van der Waals surface area (Å²) in [5.41, 5.74) is 3.52. The standard InChI is InChI=1S/C24H29N3O2/c1-19(28)26-23(16-20-10-4-2-5-11-20)24(29)25-17-21-12-6-7-13-22(21)18-27-14-8-3-9-15-27/h2,4-7,10-13,16H,3,8-9,14-15,17-18H2,1H3,(H,25,29)(H,26,28)/p+1/b23-16-. The highest BCUT2D eigenvalue weighted by molar-refractivity contribution is 6.00. The van der Waals surface area contributed by atoms with Crippen molar-refractivity contribution >= 4 is 17.9 Å². The van der Waals surface area contributed by atoms with Gasteiger partial charge in [-0.05, 0) is 36.5 Å². The van der Waals surface area contributed by atoms with Crippen LogP contribution in [-0.2, 0) is 22.7 Å². The molecule has 1 heterocycles. The lowest BCUT2D eigenvalue weighted by Crippen LogP contribution is -3.11. The number of quaternary nitrogens is 1. The monoisotopic (exact) mass is 392 g/mol. The summed E-state index contributed by atoms with van der Waals surface area (Å²) in [5.74, 6) is -0.555. The molecule has 152 valence electrons. The van der Waals surface area contributed by atoms with Gasteiger partial charge in [0.1, 0.15) is 12.2 Å². The average Bonchev–Trinajstić information content (AvgIpc) is 2.73. The number of hydrogen-bond acceptors (Lipinski definition) is 2. The number of amides is 2. The van der Waals surface area contributed by atoms with Crippen LogP contribution < -0.4 is 15.5 Å². The van der Waals surface area contributed by atoms with E-state index in [0.29, 0.717) is 6.54 Å². The summed E-state index contributed by atoms with van der Waals surface area (Å²) in [6.07, 6.45) is 5.61. The minimum Gasteiger partial charge on any atom is -0.347 e. The second-order valence-electron chi connectivity index (χ2n) is 7.59. The SMILES string of the molecule is CC(=O)N/C(=C\c1ccccc1)C(=O)NCc1ccccc1C[NH+]1CCCCC1. The second kappa shape index (κ2) is 10.6. The van der Waals surface area contributed by atoms with Crippen molar-refractivity contribution in [3.63, 3.8) is 0 Å². The Kier molecular flexibility index (Phi) is 7.59. The molecule has 3 rings (SSSR count). The zero-order valence-corrected chi connectivity index (χ0v) is 17.0. The third-order valence-electron chi connectivity index (χ3n) is 5.22. The van der Waals surface area contributed by atoms with Gasteiger partial charge in [-0.2, -0.15) is 0 Å². The molecular formula is C24H30N3O2+. The summed E-state index contributed by atoms with van der Waals surface area (Å²) in [6.45, 7) is 5.27. The van der Waals surface area contributed by atoms with Crippen molar-refractivity contribution < 1.29 is 14.5 Å². The van der Waals surface area contributed by atoms with Crippen molar-refractivity contribution in [3.8, 4) is 0 Å². The van der Waals surface area contributed by atoms with Gasteiger partial charge in [0.2, 0.25) is 5.91 Å². The minimum atomic E-state index is -0.288. The van der Waals surface area contributed by atoms with E-state index in [1.807, 2.05) is 36.4 Å². The van der Waals surface area contributed by atoms with Gasteiger partial charge in [-0.3, -0.25) is 9.59 Å². The number of hydrogen-bond donors (Lipinski definition) is 3. The Balaban J connectivity index is 1.68. The topological polar surface area (TPSA) is 62.6 Å². The molecule has 2 aromatic carbocycles. The molecule has 0 aliphatic carbocycles. The number of rotatable bonds is 7. The van der Waals surface area contributed by atoms with E-state index in [-0.39, 0.29) is 17.5 Å². The van der Waals surface area contributed by atoms with E-state index in [2.05, 4.69) is 28.8 Å². The molecule has 0 aromatic heterocycles. The molecule has 0 radical (unpaired) electrons. The van der Waals surface area contributed by atoms with Gasteiger partial charge in [0, 0.05) is 19.0 Å². The maximum Gasteiger partial charge on any atom is 0.268 e. The quantitative estimate of drug-likeness (QED) is 0.632. The van der Waals surface area contributed by atoms with Crippen LogP contribution in [0.25, 0.3) is 6.08 Å². The van der Waals surface area contributed by atoms with E-state index in [9.17, 15) is 9.59 Å². The maximum absolute atomic E-state index is 12.8. The van der Waals surface area contributed by atoms with Crippen molar-refractivity contribution in [2.75, 3.05) is 13.1 Å². The largest absolute Gasteiger partial charge is 0.347 e. The van der Waals surface area contributed by atoms with E-state index in [1.54, 1.807) is 11.0 Å². The Hall–Kier alpha value is -2.92. The molecule has 1 aliphatic heterocycles. The van der Waals surface area contributed by atoms with Gasteiger partial charge < -0.3 is 15.5 Å². The first-order valence-corrected chi connectivity index (χ1v) is 10.3. The van der Waals surface area contributed by atoms with Crippen LogP contribution >= 0.6 is 0 Å². The second-order valence-corrected chi connectivity index (χ2v) is 7.59. The Bertz CT molecular complexity index is 855. The normalized spacial score (nSPS) is 15.0. The zero-order chi connectivity index (χ0) is 20.5. The van der Waals surface area contributed by atoms with Crippen LogP contribution in [0.5, 0.6) is 0 Å². The average molecular weight is 393 g/mol. The Morgan fingerprint density at radius 3 is 2.28 bits per heavy atom. The van der Waals surface area contributed by atoms with Crippen LogP contribution in [0.15, 0.2) is 60.3 Å². The lowest BCUT2D eigenvalue weighted by atomic mass is 10.0. The molecule has 5 nitrogen and oxygen atoms in total. The van der Waals surface area contributed by atoms with Crippen LogP contribution in [0.1, 0.15) is 42.9 Å². The number of carbonyl (C=O) groups is 2. The summed E-state index contributed by atoms with van der Waals surface area (Å²) >= 11 is 0. The fourth-order valence-electron chi connectivity index (χ4n) is 3.74. The molecule has 29 heavy (non-hydrogen) atoms. The molecule has 2 aromatic rings. The van der Waals surface area contributed by atoms with Crippen molar-refractivity contribution in [1.29, 1.82) is 0 Å². The van der Waals surface area contributed by atoms with E-state index < -0.39 is 0 Å². The van der Waals surface area contributed by atoms with E-state index >= 15 is 0 Å². The van der Waals surface area contributed by atoms with E-state index in [0.717, 1.165) is 17.7 Å². The molecular weight excluding hydrogens is 362 g/mol. The predicted molar refractivity (Wildman–Crippen MR) is 115 cm³/mol. The molecule has 2 amide bonds. The summed E-state index contributed by atoms with van der Waals surface area (Å²) in [5, 5.41) is 5.62. The highest BCUT2D eigenvalue weighted by atomic mass is 16.2. The van der Waals surface area contributed by atoms with Crippen LogP contribution in [0.4, 0.5) is 0 Å². The third kappa shape index (κ3) is 6.57. The first kappa shape index (κ1) is 20.8. The van der Waals surface area contributed by atoms with Gasteiger partial charge in [-0.1, -0.05) is 54.6 Å². The highest BCUT2D eigenvalue weighted by Gasteiger charge is 2.16. The number of nitrogens with one attached hydrogen (secondary N) is 3. The van der Waals surface area contributed by atoms with Crippen LogP contribution in [0.3, 0.4) is 0 Å². The van der Waals surface area contributed by atoms with Gasteiger partial charge in [-0.25, -0.2) is 0 Å². The zero-order valence-electron chi connectivity index (χ0n) is 17.0. The van der Waals surface area contributed by atoms with Gasteiger partial charge in [0.05, 0.1) is 13.1 Å². The van der Waals surface area contributed by atoms with Crippen molar-refractivity contribution in [2.24, 2.45) is 0 Å². The molecule has 0 spiro atoms. The Morgan fingerprint density at radius 1 is 0.931 bits per heavy atom. The lowest BCUT2D eigenvalue weighted by Gasteiger charge is -2.24. The molecule has 1 saturated heterocycles. The summed E-state index contributed by atoms with van der Waals surface area (Å²) in [7, 11) is 0. The number of likely N-dealkylation sites (tertiary alicyclic amines) is 1. The molecule has 3 N–H and O–H groups in total. The van der Waals surface area contributed by atoms with Gasteiger partial charge >= 0.3 is 0 Å². The summed E-state index contributed by atoms with van der Waals surface area (Å²) < 4.78 is 0. The molecule has 1 fully saturated rings. The fraction of sp³-hybridized carbons (Fsp3) is 0.333. The third-order valence-corrected chi connectivity index (χ3v) is 5.22. The lowest BCUT2D eigenvalue weighted by molar-refractivity contribution is -0.918. The van der Waals surface area contributed by atoms with Crippen LogP contribution in [0.2, 0.25) is 0 Å². The molecule has 0 unspecified atom stereocenters. The molecule has 0 saturated carbocycles. The first-order valence-electron chi connectivity index (χ1n) is 10.3. The molecule has 0 atom stereocenters. The summed E-state index contributed by atoms with van der Waals surface area (Å²) in [4.78, 5) is 25.9. The van der Waals surface area contributed by atoms with Gasteiger partial charge in [0.25, 0.3) is 5.91 Å². The van der Waals surface area contributed by atoms with Crippen molar-refractivity contribution in [2.45, 2.75) is 39.3 Å². The van der Waals surface area contributed by atoms with Gasteiger partial charge in [-0.15, -0.1) is 0 Å². The molecule has 5 heteroatoms. The first-order chi connectivity index (χ1) is 14.1. The summed E-state index contributed by atoms with van der Waals surface area (Å²) in [6, 6.07) is 17.8. The molecule has 1 aliphatic rings. The van der Waals surface area contributed by atoms with E-state index in [1.165, 1.54) is 44.8 Å². The van der Waals surface area contributed by atoms with Crippen LogP contribution in [-0.4, -0.2) is 24.9 Å². The number of benzene rings is 2. The molecule has 0 bridgehead atoms. The predicted octanol–water partition coefficient (Wildman–Crippen LogP) is 2.05. The fourth-order valence-corrected chi connectivity index (χ4v) is 3.74. The maximum atomic E-state index is 12.8. The van der Waals surface area contributed by atoms with Gasteiger partial charge in [0.15, 0.2) is 0 Å². The van der Waals surface area contributed by atoms with Crippen LogP contribution in [0, 0.1) is 0 Å². The van der Waals surface area contributed by atoms with Crippen molar-refractivity contribution in [1.82, 2.24) is 10.6 Å². The number of piperidine rings is 1. The Labute approximate surface area is 172 Å². The Morgan fingerprint density at radius 2 is 1.59 bits per heavy atom. The van der Waals surface area contributed by atoms with E-state index in [4.69, 9.17) is 0 Å². The highest BCUT2D eigenvalue weighted by Crippen LogP contribution is 2.10.